The molecule has 0 bridgehead atoms. The van der Waals surface area contributed by atoms with Crippen LogP contribution < -0.4 is 5.32 Å². The zero-order chi connectivity index (χ0) is 18.9. The van der Waals surface area contributed by atoms with E-state index in [-0.39, 0.29) is 0 Å². The van der Waals surface area contributed by atoms with E-state index in [0.717, 1.165) is 38.2 Å². The third kappa shape index (κ3) is 3.14. The van der Waals surface area contributed by atoms with Gasteiger partial charge in [-0.25, -0.2) is 9.50 Å². The van der Waals surface area contributed by atoms with E-state index in [2.05, 4.69) is 37.6 Å². The van der Waals surface area contributed by atoms with Gasteiger partial charge in [-0.05, 0) is 12.1 Å². The molecule has 0 aliphatic heterocycles. The summed E-state index contributed by atoms with van der Waals surface area (Å²) >= 11 is 1.52. The lowest BCUT2D eigenvalue weighted by molar-refractivity contribution is 0.770. The van der Waals surface area contributed by atoms with Crippen molar-refractivity contribution in [3.05, 3.63) is 72.8 Å². The zero-order valence-corrected chi connectivity index (χ0v) is 16.0. The van der Waals surface area contributed by atoms with Gasteiger partial charge in [-0.2, -0.15) is 5.10 Å². The fraction of sp³-hybridized carbons (Fsp3) is 0.100. The molecule has 0 spiro atoms. The van der Waals surface area contributed by atoms with E-state index in [1.807, 2.05) is 54.5 Å². The van der Waals surface area contributed by atoms with Gasteiger partial charge in [-0.3, -0.25) is 9.67 Å². The van der Waals surface area contributed by atoms with E-state index in [1.165, 1.54) is 11.3 Å². The molecule has 0 fully saturated rings. The van der Waals surface area contributed by atoms with Gasteiger partial charge in [-0.1, -0.05) is 41.7 Å². The topological polar surface area (TPSA) is 72.9 Å². The molecule has 5 aromatic rings. The molecule has 1 aromatic carbocycles. The Morgan fingerprint density at radius 3 is 2.64 bits per heavy atom. The van der Waals surface area contributed by atoms with Crippen LogP contribution >= 0.6 is 11.3 Å². The molecule has 0 atom stereocenters. The van der Waals surface area contributed by atoms with Gasteiger partial charge in [0, 0.05) is 48.9 Å². The third-order valence-electron chi connectivity index (χ3n) is 4.38. The monoisotopic (exact) mass is 387 g/mol. The number of nitrogens with zero attached hydrogens (tertiary/aromatic N) is 6. The van der Waals surface area contributed by atoms with Gasteiger partial charge in [0.25, 0.3) is 0 Å². The van der Waals surface area contributed by atoms with Crippen LogP contribution in [0.3, 0.4) is 0 Å². The van der Waals surface area contributed by atoms with Gasteiger partial charge in [0.15, 0.2) is 0 Å². The maximum atomic E-state index is 4.65. The average Bonchev–Trinajstić information content (AvgIpc) is 3.40. The molecule has 1 N–H and O–H groups in total. The molecule has 8 heteroatoms. The van der Waals surface area contributed by atoms with Gasteiger partial charge in [0.1, 0.15) is 0 Å². The molecule has 28 heavy (non-hydrogen) atoms. The maximum Gasteiger partial charge on any atom is 0.214 e. The first-order valence-corrected chi connectivity index (χ1v) is 9.66. The van der Waals surface area contributed by atoms with Crippen LogP contribution in [0.4, 0.5) is 5.13 Å². The molecule has 0 aliphatic carbocycles. The molecule has 0 aliphatic rings. The minimum absolute atomic E-state index is 0.643. The lowest BCUT2D eigenvalue weighted by atomic mass is 10.1. The van der Waals surface area contributed by atoms with Crippen molar-refractivity contribution in [3.8, 4) is 22.5 Å². The van der Waals surface area contributed by atoms with Crippen LogP contribution in [-0.4, -0.2) is 29.4 Å². The molecular formula is C20H17N7S. The second kappa shape index (κ2) is 6.90. The summed E-state index contributed by atoms with van der Waals surface area (Å²) in [5.41, 5.74) is 5.07. The minimum Gasteiger partial charge on any atom is -0.356 e. The predicted octanol–water partition coefficient (Wildman–Crippen LogP) is 3.87. The van der Waals surface area contributed by atoms with E-state index < -0.39 is 0 Å². The van der Waals surface area contributed by atoms with E-state index in [0.29, 0.717) is 6.54 Å². The number of hydrogen-bond acceptors (Lipinski definition) is 6. The van der Waals surface area contributed by atoms with Crippen molar-refractivity contribution in [2.75, 3.05) is 5.32 Å². The number of fused-ring (bicyclic) bond motifs is 1. The lowest BCUT2D eigenvalue weighted by Crippen LogP contribution is -2.00. The Morgan fingerprint density at radius 1 is 1.00 bits per heavy atom. The minimum atomic E-state index is 0.643. The number of anilines is 1. The Kier molecular flexibility index (Phi) is 4.10. The van der Waals surface area contributed by atoms with Crippen LogP contribution in [0.1, 0.15) is 5.56 Å². The average molecular weight is 387 g/mol. The Bertz CT molecular complexity index is 1190. The summed E-state index contributed by atoms with van der Waals surface area (Å²) in [7, 11) is 1.94. The van der Waals surface area contributed by atoms with Gasteiger partial charge < -0.3 is 5.32 Å². The van der Waals surface area contributed by atoms with Gasteiger partial charge in [0.05, 0.1) is 17.6 Å². The first-order valence-electron chi connectivity index (χ1n) is 8.85. The fourth-order valence-electron chi connectivity index (χ4n) is 3.10. The smallest absolute Gasteiger partial charge is 0.214 e. The first kappa shape index (κ1) is 16.6. The van der Waals surface area contributed by atoms with Crippen molar-refractivity contribution in [2.24, 2.45) is 7.05 Å². The van der Waals surface area contributed by atoms with Crippen LogP contribution in [0.2, 0.25) is 0 Å². The number of aromatic nitrogens is 6. The van der Waals surface area contributed by atoms with E-state index >= 15 is 0 Å². The zero-order valence-electron chi connectivity index (χ0n) is 15.1. The van der Waals surface area contributed by atoms with Gasteiger partial charge in [0.2, 0.25) is 10.1 Å². The summed E-state index contributed by atoms with van der Waals surface area (Å²) in [5.74, 6) is 0. The highest BCUT2D eigenvalue weighted by atomic mass is 32.1. The SMILES string of the molecule is Cn1cc(CNc2nn3cc(-c4cccnc4)nc3s2)c(-c2ccccc2)n1. The van der Waals surface area contributed by atoms with E-state index in [9.17, 15) is 0 Å². The van der Waals surface area contributed by atoms with E-state index in [4.69, 9.17) is 0 Å². The highest BCUT2D eigenvalue weighted by Gasteiger charge is 2.13. The molecule has 5 rings (SSSR count). The number of pyridine rings is 1. The summed E-state index contributed by atoms with van der Waals surface area (Å²) < 4.78 is 3.64. The van der Waals surface area contributed by atoms with Crippen molar-refractivity contribution in [3.63, 3.8) is 0 Å². The fourth-order valence-corrected chi connectivity index (χ4v) is 3.88. The molecule has 0 radical (unpaired) electrons. The Morgan fingerprint density at radius 2 is 1.86 bits per heavy atom. The van der Waals surface area contributed by atoms with Crippen molar-refractivity contribution in [1.82, 2.24) is 29.4 Å². The molecule has 4 aromatic heterocycles. The third-order valence-corrected chi connectivity index (χ3v) is 5.26. The number of imidazole rings is 1. The van der Waals surface area contributed by atoms with Gasteiger partial charge in [-0.15, -0.1) is 5.10 Å². The van der Waals surface area contributed by atoms with Crippen LogP contribution in [0, 0.1) is 0 Å². The Balaban J connectivity index is 1.36. The standard InChI is InChI=1S/C20H17N7S/c1-26-12-16(18(24-26)14-6-3-2-4-7-14)11-22-19-25-27-13-17(23-20(27)28-19)15-8-5-9-21-10-15/h2-10,12-13H,11H2,1H3,(H,22,25). The molecule has 0 amide bonds. The molecule has 138 valence electrons. The number of aryl methyl sites for hydroxylation is 1. The van der Waals surface area contributed by atoms with Crippen LogP contribution in [0.15, 0.2) is 67.3 Å². The number of hydrogen-bond donors (Lipinski definition) is 1. The summed E-state index contributed by atoms with van der Waals surface area (Å²) in [6.07, 6.45) is 7.52. The molecule has 4 heterocycles. The second-order valence-electron chi connectivity index (χ2n) is 6.40. The maximum absolute atomic E-state index is 4.65. The lowest BCUT2D eigenvalue weighted by Gasteiger charge is -2.03. The first-order chi connectivity index (χ1) is 13.8. The highest BCUT2D eigenvalue weighted by molar-refractivity contribution is 7.20. The second-order valence-corrected chi connectivity index (χ2v) is 7.35. The predicted molar refractivity (Wildman–Crippen MR) is 110 cm³/mol. The summed E-state index contributed by atoms with van der Waals surface area (Å²) in [5, 5.41) is 13.4. The number of benzene rings is 1. The Hall–Kier alpha value is -3.52. The molecule has 0 saturated carbocycles. The van der Waals surface area contributed by atoms with Crippen molar-refractivity contribution in [1.29, 1.82) is 0 Å². The summed E-state index contributed by atoms with van der Waals surface area (Å²) in [6, 6.07) is 14.1. The number of rotatable bonds is 5. The number of nitrogens with one attached hydrogen (secondary N) is 1. The molecule has 0 unspecified atom stereocenters. The summed E-state index contributed by atoms with van der Waals surface area (Å²) in [4.78, 5) is 9.64. The summed E-state index contributed by atoms with van der Waals surface area (Å²) in [6.45, 7) is 0.643. The molecular weight excluding hydrogens is 370 g/mol. The van der Waals surface area contributed by atoms with Crippen LogP contribution in [0.5, 0.6) is 0 Å². The molecule has 0 saturated heterocycles. The normalized spacial score (nSPS) is 11.2. The van der Waals surface area contributed by atoms with Crippen molar-refractivity contribution >= 4 is 21.4 Å². The largest absolute Gasteiger partial charge is 0.356 e. The van der Waals surface area contributed by atoms with Crippen molar-refractivity contribution in [2.45, 2.75) is 6.54 Å². The Labute approximate surface area is 165 Å². The van der Waals surface area contributed by atoms with Crippen molar-refractivity contribution < 1.29 is 0 Å². The van der Waals surface area contributed by atoms with E-state index in [1.54, 1.807) is 16.9 Å². The van der Waals surface area contributed by atoms with Crippen LogP contribution in [-0.2, 0) is 13.6 Å². The molecule has 7 nitrogen and oxygen atoms in total. The quantitative estimate of drug-likeness (QED) is 0.496. The highest BCUT2D eigenvalue weighted by Crippen LogP contribution is 2.26. The van der Waals surface area contributed by atoms with Gasteiger partial charge >= 0.3 is 0 Å². The van der Waals surface area contributed by atoms with Crippen LogP contribution in [0.25, 0.3) is 27.5 Å².